The van der Waals surface area contributed by atoms with Gasteiger partial charge in [0.05, 0.1) is 6.54 Å². The molecule has 140 valence electrons. The lowest BCUT2D eigenvalue weighted by molar-refractivity contribution is -0.115. The number of carbonyl (C=O) groups is 3. The van der Waals surface area contributed by atoms with E-state index in [9.17, 15) is 19.2 Å². The summed E-state index contributed by atoms with van der Waals surface area (Å²) in [6.45, 7) is 1.56. The summed E-state index contributed by atoms with van der Waals surface area (Å²) < 4.78 is 0.896. The summed E-state index contributed by atoms with van der Waals surface area (Å²) >= 11 is 3.35. The molecule has 3 N–H and O–H groups in total. The Labute approximate surface area is 163 Å². The van der Waals surface area contributed by atoms with E-state index in [1.165, 1.54) is 6.07 Å². The summed E-state index contributed by atoms with van der Waals surface area (Å²) in [4.78, 5) is 51.1. The lowest BCUT2D eigenvalue weighted by Crippen LogP contribution is -2.36. The van der Waals surface area contributed by atoms with Crippen molar-refractivity contribution in [3.05, 3.63) is 61.5 Å². The van der Waals surface area contributed by atoms with E-state index in [0.29, 0.717) is 36.2 Å². The molecule has 3 rings (SSSR count). The fourth-order valence-electron chi connectivity index (χ4n) is 2.96. The van der Waals surface area contributed by atoms with Crippen LogP contribution in [0.3, 0.4) is 0 Å². The highest BCUT2D eigenvalue weighted by atomic mass is 79.9. The second kappa shape index (κ2) is 7.87. The molecule has 0 spiro atoms. The average molecular weight is 432 g/mol. The van der Waals surface area contributed by atoms with Crippen LogP contribution in [0.1, 0.15) is 44.8 Å². The smallest absolute Gasteiger partial charge is 0.261 e. The van der Waals surface area contributed by atoms with Crippen molar-refractivity contribution in [2.75, 3.05) is 11.9 Å². The predicted octanol–water partition coefficient (Wildman–Crippen LogP) is 2.33. The standard InChI is InChI=1S/C19H18BrN3O4/c1-10-7-11(20)5-6-14(10)22-17(25)9-21-18(26)13-8-12-15(23-19(13)27)3-2-4-16(12)24/h5-8H,2-4,9H2,1H3,(H,21,26)(H,22,25)(H,23,27). The van der Waals surface area contributed by atoms with Gasteiger partial charge in [-0.2, -0.15) is 0 Å². The molecule has 0 unspecified atom stereocenters. The number of Topliss-reactive ketones (excluding diaryl/α,β-unsaturated/α-hetero) is 1. The van der Waals surface area contributed by atoms with Crippen LogP contribution in [0.2, 0.25) is 0 Å². The van der Waals surface area contributed by atoms with Crippen LogP contribution in [0.25, 0.3) is 0 Å². The number of rotatable bonds is 4. The lowest BCUT2D eigenvalue weighted by atomic mass is 9.93. The molecule has 1 aliphatic rings. The number of halogens is 1. The second-order valence-electron chi connectivity index (χ2n) is 6.37. The molecule has 2 amide bonds. The Hall–Kier alpha value is -2.74. The molecule has 0 radical (unpaired) electrons. The van der Waals surface area contributed by atoms with Gasteiger partial charge >= 0.3 is 0 Å². The maximum atomic E-state index is 12.3. The van der Waals surface area contributed by atoms with E-state index >= 15 is 0 Å². The van der Waals surface area contributed by atoms with Crippen molar-refractivity contribution in [3.8, 4) is 0 Å². The van der Waals surface area contributed by atoms with Gasteiger partial charge < -0.3 is 15.6 Å². The van der Waals surface area contributed by atoms with Crippen LogP contribution >= 0.6 is 15.9 Å². The number of H-pyrrole nitrogens is 1. The van der Waals surface area contributed by atoms with Crippen LogP contribution in [0.15, 0.2) is 33.5 Å². The Morgan fingerprint density at radius 1 is 1.19 bits per heavy atom. The van der Waals surface area contributed by atoms with E-state index in [1.54, 1.807) is 12.1 Å². The molecule has 27 heavy (non-hydrogen) atoms. The average Bonchev–Trinajstić information content (AvgIpc) is 2.62. The number of benzene rings is 1. The third-order valence-electron chi connectivity index (χ3n) is 4.37. The molecule has 0 saturated heterocycles. The van der Waals surface area contributed by atoms with Crippen molar-refractivity contribution in [2.45, 2.75) is 26.2 Å². The highest BCUT2D eigenvalue weighted by Crippen LogP contribution is 2.20. The van der Waals surface area contributed by atoms with Gasteiger partial charge in [-0.3, -0.25) is 19.2 Å². The molecule has 0 atom stereocenters. The van der Waals surface area contributed by atoms with Crippen molar-refractivity contribution >= 4 is 39.2 Å². The number of carbonyl (C=O) groups excluding carboxylic acids is 3. The first-order chi connectivity index (χ1) is 12.8. The van der Waals surface area contributed by atoms with E-state index in [1.807, 2.05) is 13.0 Å². The number of aromatic amines is 1. The number of pyridine rings is 1. The second-order valence-corrected chi connectivity index (χ2v) is 7.29. The third-order valence-corrected chi connectivity index (χ3v) is 4.86. The lowest BCUT2D eigenvalue weighted by Gasteiger charge is -2.15. The molecular weight excluding hydrogens is 414 g/mol. The van der Waals surface area contributed by atoms with E-state index in [4.69, 9.17) is 0 Å². The van der Waals surface area contributed by atoms with Gasteiger partial charge in [0.1, 0.15) is 5.56 Å². The zero-order valence-electron chi connectivity index (χ0n) is 14.6. The monoisotopic (exact) mass is 431 g/mol. The summed E-state index contributed by atoms with van der Waals surface area (Å²) in [7, 11) is 0. The highest BCUT2D eigenvalue weighted by Gasteiger charge is 2.22. The molecule has 1 aromatic heterocycles. The largest absolute Gasteiger partial charge is 0.343 e. The van der Waals surface area contributed by atoms with Gasteiger partial charge in [-0.1, -0.05) is 15.9 Å². The molecule has 1 heterocycles. The van der Waals surface area contributed by atoms with E-state index in [-0.39, 0.29) is 17.9 Å². The number of fused-ring (bicyclic) bond motifs is 1. The summed E-state index contributed by atoms with van der Waals surface area (Å²) in [6, 6.07) is 6.73. The topological polar surface area (TPSA) is 108 Å². The van der Waals surface area contributed by atoms with Gasteiger partial charge in [-0.25, -0.2) is 0 Å². The molecule has 1 aliphatic carbocycles. The van der Waals surface area contributed by atoms with Gasteiger partial charge in [0, 0.05) is 27.8 Å². The number of nitrogens with one attached hydrogen (secondary N) is 3. The summed E-state index contributed by atoms with van der Waals surface area (Å²) in [5.74, 6) is -1.20. The molecule has 0 bridgehead atoms. The van der Waals surface area contributed by atoms with E-state index < -0.39 is 17.4 Å². The molecule has 2 aromatic rings. The Morgan fingerprint density at radius 2 is 1.96 bits per heavy atom. The fourth-order valence-corrected chi connectivity index (χ4v) is 3.44. The Bertz CT molecular complexity index is 997. The minimum Gasteiger partial charge on any atom is -0.343 e. The van der Waals surface area contributed by atoms with E-state index in [2.05, 4.69) is 31.5 Å². The number of aromatic nitrogens is 1. The Balaban J connectivity index is 1.67. The molecule has 0 saturated carbocycles. The summed E-state index contributed by atoms with van der Waals surface area (Å²) in [5, 5.41) is 5.12. The molecule has 1 aromatic carbocycles. The zero-order chi connectivity index (χ0) is 19.6. The van der Waals surface area contributed by atoms with Gasteiger partial charge in [-0.05, 0) is 49.6 Å². The minimum absolute atomic E-state index is 0.0926. The van der Waals surface area contributed by atoms with Crippen molar-refractivity contribution < 1.29 is 14.4 Å². The highest BCUT2D eigenvalue weighted by molar-refractivity contribution is 9.10. The van der Waals surface area contributed by atoms with Gasteiger partial charge in [0.25, 0.3) is 11.5 Å². The molecule has 7 nitrogen and oxygen atoms in total. The Morgan fingerprint density at radius 3 is 2.70 bits per heavy atom. The van der Waals surface area contributed by atoms with Crippen LogP contribution in [0.4, 0.5) is 5.69 Å². The third kappa shape index (κ3) is 4.33. The quantitative estimate of drug-likeness (QED) is 0.689. The SMILES string of the molecule is Cc1cc(Br)ccc1NC(=O)CNC(=O)c1cc2c([nH]c1=O)CCCC2=O. The predicted molar refractivity (Wildman–Crippen MR) is 104 cm³/mol. The summed E-state index contributed by atoms with van der Waals surface area (Å²) in [5.41, 5.74) is 1.71. The van der Waals surface area contributed by atoms with Crippen LogP contribution in [-0.4, -0.2) is 29.1 Å². The first-order valence-corrected chi connectivity index (χ1v) is 9.28. The normalized spacial score (nSPS) is 13.0. The van der Waals surface area contributed by atoms with Crippen LogP contribution in [0.5, 0.6) is 0 Å². The summed E-state index contributed by atoms with van der Waals surface area (Å²) in [6.07, 6.45) is 1.69. The molecule has 0 aliphatic heterocycles. The zero-order valence-corrected chi connectivity index (χ0v) is 16.2. The molecule has 0 fully saturated rings. The van der Waals surface area contributed by atoms with Crippen LogP contribution in [-0.2, 0) is 11.2 Å². The Kier molecular flexibility index (Phi) is 5.55. The van der Waals surface area contributed by atoms with Crippen LogP contribution < -0.4 is 16.2 Å². The number of amides is 2. The number of anilines is 1. The van der Waals surface area contributed by atoms with Crippen molar-refractivity contribution in [1.29, 1.82) is 0 Å². The first-order valence-electron chi connectivity index (χ1n) is 8.49. The van der Waals surface area contributed by atoms with Crippen LogP contribution in [0, 0.1) is 6.92 Å². The number of ketones is 1. The van der Waals surface area contributed by atoms with Crippen molar-refractivity contribution in [1.82, 2.24) is 10.3 Å². The van der Waals surface area contributed by atoms with E-state index in [0.717, 1.165) is 10.0 Å². The first kappa shape index (κ1) is 19.0. The molecular formula is C19H18BrN3O4. The number of hydrogen-bond acceptors (Lipinski definition) is 4. The minimum atomic E-state index is -0.694. The maximum absolute atomic E-state index is 12.3. The van der Waals surface area contributed by atoms with Gasteiger partial charge in [-0.15, -0.1) is 0 Å². The van der Waals surface area contributed by atoms with Gasteiger partial charge in [0.15, 0.2) is 5.78 Å². The molecule has 8 heteroatoms. The number of hydrogen-bond donors (Lipinski definition) is 3. The van der Waals surface area contributed by atoms with Crippen molar-refractivity contribution in [2.24, 2.45) is 0 Å². The number of aryl methyl sites for hydroxylation is 2. The maximum Gasteiger partial charge on any atom is 0.261 e. The van der Waals surface area contributed by atoms with Gasteiger partial charge in [0.2, 0.25) is 5.91 Å². The fraction of sp³-hybridized carbons (Fsp3) is 0.263. The van der Waals surface area contributed by atoms with Crippen molar-refractivity contribution in [3.63, 3.8) is 0 Å².